The van der Waals surface area contributed by atoms with Crippen LogP contribution in [0, 0.1) is 42.5 Å². The van der Waals surface area contributed by atoms with Gasteiger partial charge >= 0.3 is 0 Å². The number of aromatic nitrogens is 4. The lowest BCUT2D eigenvalue weighted by atomic mass is 10.2. The second kappa shape index (κ2) is 11.4. The summed E-state index contributed by atoms with van der Waals surface area (Å²) in [5.74, 6) is -3.02. The average molecular weight is 558 g/mol. The zero-order valence-corrected chi connectivity index (χ0v) is 21.8. The second-order valence-corrected chi connectivity index (χ2v) is 9.61. The van der Waals surface area contributed by atoms with Crippen LogP contribution in [0.4, 0.5) is 35.0 Å². The summed E-state index contributed by atoms with van der Waals surface area (Å²) in [6.45, 7) is 5.26. The van der Waals surface area contributed by atoms with Crippen LogP contribution in [-0.2, 0) is 11.2 Å². The van der Waals surface area contributed by atoms with E-state index >= 15 is 0 Å². The minimum absolute atomic E-state index is 0.0939. The summed E-state index contributed by atoms with van der Waals surface area (Å²) in [5.41, 5.74) is 0.819. The highest BCUT2D eigenvalue weighted by molar-refractivity contribution is 5.57. The molecule has 2 aliphatic heterocycles. The van der Waals surface area contributed by atoms with Gasteiger partial charge in [0.25, 0.3) is 0 Å². The van der Waals surface area contributed by atoms with Gasteiger partial charge < -0.3 is 24.6 Å². The maximum atomic E-state index is 14.1. The number of terminal acetylenes is 1. The lowest BCUT2D eigenvalue weighted by Gasteiger charge is -2.33. The minimum Gasteiger partial charge on any atom is -0.489 e. The molecule has 1 fully saturated rings. The van der Waals surface area contributed by atoms with E-state index in [2.05, 4.69) is 43.3 Å². The molecule has 0 radical (unpaired) electrons. The molecule has 2 atom stereocenters. The van der Waals surface area contributed by atoms with Crippen molar-refractivity contribution in [3.8, 4) is 18.1 Å². The Morgan fingerprint density at radius 1 is 1.12 bits per heavy atom. The van der Waals surface area contributed by atoms with E-state index in [1.54, 1.807) is 6.08 Å². The number of ether oxygens (including phenoxy) is 2. The third kappa shape index (κ3) is 5.96. The van der Waals surface area contributed by atoms with E-state index in [0.29, 0.717) is 23.9 Å². The van der Waals surface area contributed by atoms with Gasteiger partial charge in [0.15, 0.2) is 17.4 Å². The zero-order chi connectivity index (χ0) is 28.4. The summed E-state index contributed by atoms with van der Waals surface area (Å²) in [7, 11) is 2.07. The Labute approximate surface area is 228 Å². The molecule has 0 spiro atoms. The monoisotopic (exact) mass is 557 g/mol. The molecule has 1 saturated heterocycles. The van der Waals surface area contributed by atoms with E-state index in [1.165, 1.54) is 0 Å². The predicted molar refractivity (Wildman–Crippen MR) is 139 cm³/mol. The van der Waals surface area contributed by atoms with Crippen LogP contribution in [0.5, 0.6) is 5.75 Å². The number of hydrogen-bond acceptors (Lipinski definition) is 8. The summed E-state index contributed by atoms with van der Waals surface area (Å²) >= 11 is 0. The summed E-state index contributed by atoms with van der Waals surface area (Å²) in [5, 5.41) is 10.3. The maximum absolute atomic E-state index is 14.1. The fourth-order valence-electron chi connectivity index (χ4n) is 4.44. The van der Waals surface area contributed by atoms with Crippen molar-refractivity contribution in [3.63, 3.8) is 0 Å². The van der Waals surface area contributed by atoms with Gasteiger partial charge in [-0.2, -0.15) is 13.9 Å². The van der Waals surface area contributed by atoms with Crippen molar-refractivity contribution in [3.05, 3.63) is 64.8 Å². The maximum Gasteiger partial charge on any atom is 0.215 e. The molecule has 40 heavy (non-hydrogen) atoms. The largest absolute Gasteiger partial charge is 0.489 e. The smallest absolute Gasteiger partial charge is 0.215 e. The lowest BCUT2D eigenvalue weighted by molar-refractivity contribution is 0.0974. The first kappa shape index (κ1) is 27.3. The van der Waals surface area contributed by atoms with Gasteiger partial charge in [-0.25, -0.2) is 18.7 Å². The van der Waals surface area contributed by atoms with Crippen molar-refractivity contribution in [1.29, 1.82) is 0 Å². The van der Waals surface area contributed by atoms with Gasteiger partial charge in [0, 0.05) is 57.2 Å². The van der Waals surface area contributed by atoms with Crippen molar-refractivity contribution in [2.45, 2.75) is 32.0 Å². The summed E-state index contributed by atoms with van der Waals surface area (Å²) in [6.07, 6.45) is 5.91. The van der Waals surface area contributed by atoms with Crippen LogP contribution in [-0.4, -0.2) is 70.5 Å². The van der Waals surface area contributed by atoms with Crippen molar-refractivity contribution in [2.75, 3.05) is 43.4 Å². The second-order valence-electron chi connectivity index (χ2n) is 9.61. The van der Waals surface area contributed by atoms with Gasteiger partial charge in [0.1, 0.15) is 35.1 Å². The molecule has 5 rings (SSSR count). The van der Waals surface area contributed by atoms with Crippen molar-refractivity contribution < 1.29 is 27.0 Å². The predicted octanol–water partition coefficient (Wildman–Crippen LogP) is 3.86. The van der Waals surface area contributed by atoms with Gasteiger partial charge in [0.05, 0.1) is 5.69 Å². The van der Waals surface area contributed by atoms with Gasteiger partial charge in [-0.1, -0.05) is 5.92 Å². The molecule has 2 N–H and O–H groups in total. The molecule has 0 saturated carbocycles. The average Bonchev–Trinajstić information content (AvgIpc) is 3.56. The number of hydrogen-bond donors (Lipinski definition) is 2. The number of nitrogens with zero attached hydrogens (tertiary/aromatic N) is 5. The Hall–Kier alpha value is -4.31. The number of H-pyrrole nitrogens is 1. The van der Waals surface area contributed by atoms with E-state index in [-0.39, 0.29) is 18.2 Å². The molecule has 13 heteroatoms. The third-order valence-electron chi connectivity index (χ3n) is 6.57. The molecule has 9 nitrogen and oxygen atoms in total. The Kier molecular flexibility index (Phi) is 7.79. The number of benzene rings is 1. The number of anilines is 3. The quantitative estimate of drug-likeness (QED) is 0.245. The molecule has 2 unspecified atom stereocenters. The molecule has 210 valence electrons. The van der Waals surface area contributed by atoms with Crippen LogP contribution in [0.2, 0.25) is 0 Å². The molecule has 4 heterocycles. The van der Waals surface area contributed by atoms with Gasteiger partial charge in [-0.05, 0) is 20.0 Å². The van der Waals surface area contributed by atoms with Gasteiger partial charge in [-0.15, -0.1) is 6.42 Å². The standard InChI is InChI=1S/C27H27F4N7O2/c1-4-19(40-27-25(30)17(28)13-18(29)26(27)31)20-6-5-16(39-20)12-21-32-22(33-23-11-15(2)35-36-23)14-24(34-21)38-9-7-37(3)8-10-38/h1,6,11,13-14,16,19H,5,7-10,12H2,2-3H3,(H2,32,33,34,35,36). The fourth-order valence-corrected chi connectivity index (χ4v) is 4.44. The summed E-state index contributed by atoms with van der Waals surface area (Å²) in [6, 6.07) is 3.81. The Morgan fingerprint density at radius 3 is 2.50 bits per heavy atom. The Bertz CT molecular complexity index is 1440. The highest BCUT2D eigenvalue weighted by Crippen LogP contribution is 2.31. The minimum atomic E-state index is -1.68. The van der Waals surface area contributed by atoms with Crippen molar-refractivity contribution in [2.24, 2.45) is 0 Å². The molecule has 3 aromatic rings. The van der Waals surface area contributed by atoms with E-state index in [4.69, 9.17) is 20.9 Å². The molecule has 2 aromatic heterocycles. The topological polar surface area (TPSA) is 91.4 Å². The van der Waals surface area contributed by atoms with Gasteiger partial charge in [-0.3, -0.25) is 5.10 Å². The third-order valence-corrected chi connectivity index (χ3v) is 6.57. The summed E-state index contributed by atoms with van der Waals surface area (Å²) in [4.78, 5) is 13.8. The lowest BCUT2D eigenvalue weighted by Crippen LogP contribution is -2.45. The number of likely N-dealkylation sites (N-methyl/N-ethyl adjacent to an activating group) is 1. The van der Waals surface area contributed by atoms with Crippen LogP contribution in [0.1, 0.15) is 17.9 Å². The number of aryl methyl sites for hydroxylation is 1. The molecule has 0 aliphatic carbocycles. The first-order chi connectivity index (χ1) is 19.2. The van der Waals surface area contributed by atoms with E-state index in [1.807, 2.05) is 19.1 Å². The normalized spacial score (nSPS) is 18.2. The molecular formula is C27H27F4N7O2. The van der Waals surface area contributed by atoms with E-state index in [9.17, 15) is 17.6 Å². The SMILES string of the molecule is C#CC(Oc1c(F)c(F)cc(F)c1F)C1=CCC(Cc2nc(Nc3cc(C)n[nH]3)cc(N3CCN(C)CC3)n2)O1. The van der Waals surface area contributed by atoms with Crippen molar-refractivity contribution in [1.82, 2.24) is 25.1 Å². The highest BCUT2D eigenvalue weighted by atomic mass is 19.2. The number of aromatic amines is 1. The molecule has 2 aliphatic rings. The van der Waals surface area contributed by atoms with Crippen LogP contribution >= 0.6 is 0 Å². The molecule has 0 bridgehead atoms. The number of halogens is 4. The van der Waals surface area contributed by atoms with E-state index < -0.39 is 41.2 Å². The summed E-state index contributed by atoms with van der Waals surface area (Å²) < 4.78 is 66.6. The van der Waals surface area contributed by atoms with Crippen LogP contribution in [0.15, 0.2) is 30.0 Å². The molecule has 1 aromatic carbocycles. The van der Waals surface area contributed by atoms with Crippen molar-refractivity contribution >= 4 is 17.5 Å². The zero-order valence-electron chi connectivity index (χ0n) is 21.8. The number of rotatable bonds is 8. The number of piperazine rings is 1. The fraction of sp³-hybridized carbons (Fsp3) is 0.370. The first-order valence-corrected chi connectivity index (χ1v) is 12.6. The highest BCUT2D eigenvalue weighted by Gasteiger charge is 2.30. The van der Waals surface area contributed by atoms with Crippen LogP contribution in [0.25, 0.3) is 0 Å². The first-order valence-electron chi connectivity index (χ1n) is 12.6. The molecule has 0 amide bonds. The van der Waals surface area contributed by atoms with Crippen LogP contribution < -0.4 is 15.0 Å². The van der Waals surface area contributed by atoms with Gasteiger partial charge in [0.2, 0.25) is 17.7 Å². The molecular weight excluding hydrogens is 530 g/mol. The Morgan fingerprint density at radius 2 is 1.85 bits per heavy atom. The Balaban J connectivity index is 1.32. The number of nitrogens with one attached hydrogen (secondary N) is 2. The van der Waals surface area contributed by atoms with E-state index in [0.717, 1.165) is 37.7 Å². The van der Waals surface area contributed by atoms with Crippen LogP contribution in [0.3, 0.4) is 0 Å².